The van der Waals surface area contributed by atoms with Crippen molar-refractivity contribution < 1.29 is 0 Å². The van der Waals surface area contributed by atoms with Crippen LogP contribution in [0.3, 0.4) is 0 Å². The molecule has 6 aromatic carbocycles. The predicted octanol–water partition coefficient (Wildman–Crippen LogP) is 7.95. The standard InChI is InChI=1S/C28H16/c1-2-7-18-13-22-16-26-25(15-21(22)12-17(18)6-1)24-11-5-9-20-14-19-8-3-4-10-23(19)28(26)27(20)24/h1-16H. The lowest BCUT2D eigenvalue weighted by molar-refractivity contribution is 1.75. The molecule has 0 bridgehead atoms. The quantitative estimate of drug-likeness (QED) is 0.243. The summed E-state index contributed by atoms with van der Waals surface area (Å²) in [5.74, 6) is 0. The molecule has 7 rings (SSSR count). The number of hydrogen-bond acceptors (Lipinski definition) is 0. The van der Waals surface area contributed by atoms with Crippen LogP contribution in [0.1, 0.15) is 0 Å². The zero-order valence-electron chi connectivity index (χ0n) is 15.2. The molecule has 0 spiro atoms. The van der Waals surface area contributed by atoms with E-state index in [0.717, 1.165) is 0 Å². The third kappa shape index (κ3) is 1.75. The van der Waals surface area contributed by atoms with Crippen LogP contribution >= 0.6 is 0 Å². The summed E-state index contributed by atoms with van der Waals surface area (Å²) in [5.41, 5.74) is 5.49. The van der Waals surface area contributed by atoms with Gasteiger partial charge in [-0.1, -0.05) is 66.7 Å². The Morgan fingerprint density at radius 2 is 0.964 bits per heavy atom. The smallest absolute Gasteiger partial charge is 0.00141 e. The molecule has 0 nitrogen and oxygen atoms in total. The second-order valence-corrected chi connectivity index (χ2v) is 7.82. The molecule has 0 aromatic heterocycles. The van der Waals surface area contributed by atoms with E-state index in [2.05, 4.69) is 97.1 Å². The van der Waals surface area contributed by atoms with E-state index in [1.807, 2.05) is 0 Å². The fraction of sp³-hybridized carbons (Fsp3) is 0. The van der Waals surface area contributed by atoms with Crippen LogP contribution in [0.25, 0.3) is 65.3 Å². The number of fused-ring (bicyclic) bond motifs is 7. The molecule has 0 heteroatoms. The van der Waals surface area contributed by atoms with Gasteiger partial charge >= 0.3 is 0 Å². The molecule has 128 valence electrons. The van der Waals surface area contributed by atoms with E-state index in [0.29, 0.717) is 0 Å². The summed E-state index contributed by atoms with van der Waals surface area (Å²) >= 11 is 0. The molecule has 28 heavy (non-hydrogen) atoms. The van der Waals surface area contributed by atoms with Gasteiger partial charge in [-0.3, -0.25) is 0 Å². The summed E-state index contributed by atoms with van der Waals surface area (Å²) in [5, 5.41) is 10.6. The van der Waals surface area contributed by atoms with Crippen molar-refractivity contribution in [3.05, 3.63) is 97.1 Å². The first-order valence-corrected chi connectivity index (χ1v) is 9.79. The molecule has 0 atom stereocenters. The maximum atomic E-state index is 2.40. The molecule has 0 N–H and O–H groups in total. The number of hydrogen-bond donors (Lipinski definition) is 0. The highest BCUT2D eigenvalue weighted by Crippen LogP contribution is 2.51. The summed E-state index contributed by atoms with van der Waals surface area (Å²) in [6.07, 6.45) is 0. The lowest BCUT2D eigenvalue weighted by Crippen LogP contribution is -1.82. The van der Waals surface area contributed by atoms with Crippen molar-refractivity contribution in [2.45, 2.75) is 0 Å². The molecule has 0 aliphatic heterocycles. The third-order valence-corrected chi connectivity index (χ3v) is 6.29. The SMILES string of the molecule is c1ccc2cc3cc4c(cc3cc2c1)-c1cccc2cc3ccccc3c-4c12. The van der Waals surface area contributed by atoms with Crippen LogP contribution in [0.15, 0.2) is 97.1 Å². The van der Waals surface area contributed by atoms with E-state index in [9.17, 15) is 0 Å². The normalized spacial score (nSPS) is 12.3. The van der Waals surface area contributed by atoms with E-state index >= 15 is 0 Å². The van der Waals surface area contributed by atoms with Crippen LogP contribution in [0.5, 0.6) is 0 Å². The monoisotopic (exact) mass is 352 g/mol. The summed E-state index contributed by atoms with van der Waals surface area (Å²) in [4.78, 5) is 0. The largest absolute Gasteiger partial charge is 0.0616 e. The highest BCUT2D eigenvalue weighted by atomic mass is 14.3. The fourth-order valence-electron chi connectivity index (χ4n) is 5.05. The topological polar surface area (TPSA) is 0 Å². The molecule has 0 heterocycles. The lowest BCUT2D eigenvalue weighted by Gasteiger charge is -2.09. The highest BCUT2D eigenvalue weighted by Gasteiger charge is 2.24. The molecular weight excluding hydrogens is 336 g/mol. The van der Waals surface area contributed by atoms with Crippen molar-refractivity contribution in [3.63, 3.8) is 0 Å². The Labute approximate surface area is 162 Å². The Hall–Kier alpha value is -3.64. The first-order valence-electron chi connectivity index (χ1n) is 9.79. The van der Waals surface area contributed by atoms with Crippen molar-refractivity contribution in [2.75, 3.05) is 0 Å². The molecule has 0 fully saturated rings. The van der Waals surface area contributed by atoms with Gasteiger partial charge in [0.25, 0.3) is 0 Å². The molecule has 6 aromatic rings. The molecular formula is C28H16. The van der Waals surface area contributed by atoms with Crippen LogP contribution in [-0.4, -0.2) is 0 Å². The minimum atomic E-state index is 1.30. The summed E-state index contributed by atoms with van der Waals surface area (Å²) in [6, 6.07) is 35.9. The zero-order chi connectivity index (χ0) is 18.2. The van der Waals surface area contributed by atoms with Gasteiger partial charge in [0.2, 0.25) is 0 Å². The average molecular weight is 352 g/mol. The van der Waals surface area contributed by atoms with Gasteiger partial charge in [-0.15, -0.1) is 0 Å². The Morgan fingerprint density at radius 1 is 0.357 bits per heavy atom. The van der Waals surface area contributed by atoms with Gasteiger partial charge in [-0.25, -0.2) is 0 Å². The van der Waals surface area contributed by atoms with Gasteiger partial charge in [0, 0.05) is 0 Å². The Morgan fingerprint density at radius 3 is 1.75 bits per heavy atom. The van der Waals surface area contributed by atoms with E-state index in [4.69, 9.17) is 0 Å². The Bertz CT molecular complexity index is 1600. The zero-order valence-corrected chi connectivity index (χ0v) is 15.2. The van der Waals surface area contributed by atoms with E-state index in [1.165, 1.54) is 65.3 Å². The second-order valence-electron chi connectivity index (χ2n) is 7.82. The van der Waals surface area contributed by atoms with Crippen molar-refractivity contribution in [2.24, 2.45) is 0 Å². The average Bonchev–Trinajstić information content (AvgIpc) is 3.06. The first kappa shape index (κ1) is 14.4. The van der Waals surface area contributed by atoms with E-state index < -0.39 is 0 Å². The van der Waals surface area contributed by atoms with Crippen LogP contribution < -0.4 is 0 Å². The van der Waals surface area contributed by atoms with Crippen molar-refractivity contribution in [1.29, 1.82) is 0 Å². The first-order chi connectivity index (χ1) is 13.9. The molecule has 1 aliphatic rings. The second kappa shape index (κ2) is 4.99. The van der Waals surface area contributed by atoms with Gasteiger partial charge < -0.3 is 0 Å². The maximum absolute atomic E-state index is 2.40. The summed E-state index contributed by atoms with van der Waals surface area (Å²) in [7, 11) is 0. The van der Waals surface area contributed by atoms with Crippen LogP contribution in [0, 0.1) is 0 Å². The summed E-state index contributed by atoms with van der Waals surface area (Å²) < 4.78 is 0. The van der Waals surface area contributed by atoms with Gasteiger partial charge in [0.05, 0.1) is 0 Å². The van der Waals surface area contributed by atoms with Crippen molar-refractivity contribution in [3.8, 4) is 22.3 Å². The van der Waals surface area contributed by atoms with Gasteiger partial charge in [0.15, 0.2) is 0 Å². The van der Waals surface area contributed by atoms with Crippen molar-refractivity contribution in [1.82, 2.24) is 0 Å². The minimum Gasteiger partial charge on any atom is -0.0616 e. The van der Waals surface area contributed by atoms with Gasteiger partial charge in [0.1, 0.15) is 0 Å². The van der Waals surface area contributed by atoms with Gasteiger partial charge in [-0.05, 0) is 95.7 Å². The third-order valence-electron chi connectivity index (χ3n) is 6.29. The molecule has 0 saturated carbocycles. The molecule has 1 aliphatic carbocycles. The van der Waals surface area contributed by atoms with Crippen molar-refractivity contribution >= 4 is 43.1 Å². The highest BCUT2D eigenvalue weighted by molar-refractivity contribution is 6.25. The molecule has 0 radical (unpaired) electrons. The van der Waals surface area contributed by atoms with Crippen LogP contribution in [0.4, 0.5) is 0 Å². The summed E-state index contributed by atoms with van der Waals surface area (Å²) in [6.45, 7) is 0. The Balaban J connectivity index is 1.69. The van der Waals surface area contributed by atoms with E-state index in [-0.39, 0.29) is 0 Å². The number of benzene rings is 6. The molecule has 0 amide bonds. The predicted molar refractivity (Wildman–Crippen MR) is 121 cm³/mol. The lowest BCUT2D eigenvalue weighted by atomic mass is 9.94. The maximum Gasteiger partial charge on any atom is -0.00141 e. The minimum absolute atomic E-state index is 1.30. The fourth-order valence-corrected chi connectivity index (χ4v) is 5.05. The Kier molecular flexibility index (Phi) is 2.57. The van der Waals surface area contributed by atoms with Crippen LogP contribution in [-0.2, 0) is 0 Å². The number of rotatable bonds is 0. The molecule has 0 unspecified atom stereocenters. The van der Waals surface area contributed by atoms with Gasteiger partial charge in [-0.2, -0.15) is 0 Å². The van der Waals surface area contributed by atoms with E-state index in [1.54, 1.807) is 0 Å². The van der Waals surface area contributed by atoms with Crippen LogP contribution in [0.2, 0.25) is 0 Å². The molecule has 0 saturated heterocycles.